The third kappa shape index (κ3) is 32.7. The molecule has 8 atom stereocenters. The molecule has 0 aromatic heterocycles. The molecule has 0 aromatic rings. The van der Waals surface area contributed by atoms with Crippen LogP contribution in [-0.4, -0.2) is 98.7 Å². The summed E-state index contributed by atoms with van der Waals surface area (Å²) in [5, 5.41) is 64.8. The summed E-state index contributed by atoms with van der Waals surface area (Å²) >= 11 is 0. The molecular formula is C53H99NO9. The van der Waals surface area contributed by atoms with Crippen LogP contribution in [-0.2, 0) is 14.3 Å². The van der Waals surface area contributed by atoms with Gasteiger partial charge in [0.25, 0.3) is 0 Å². The summed E-state index contributed by atoms with van der Waals surface area (Å²) in [5.74, 6) is -0.628. The molecular weight excluding hydrogens is 795 g/mol. The first-order valence-electron chi connectivity index (χ1n) is 26.3. The zero-order valence-electron chi connectivity index (χ0n) is 40.4. The van der Waals surface area contributed by atoms with E-state index in [0.717, 1.165) is 32.1 Å². The molecule has 1 heterocycles. The maximum absolute atomic E-state index is 13.1. The van der Waals surface area contributed by atoms with E-state index in [1.807, 2.05) is 6.08 Å². The van der Waals surface area contributed by atoms with Gasteiger partial charge in [-0.3, -0.25) is 4.79 Å². The Morgan fingerprint density at radius 3 is 1.38 bits per heavy atom. The predicted molar refractivity (Wildman–Crippen MR) is 259 cm³/mol. The molecule has 1 rings (SSSR count). The van der Waals surface area contributed by atoms with Crippen molar-refractivity contribution in [2.24, 2.45) is 0 Å². The summed E-state index contributed by atoms with van der Waals surface area (Å²) in [6.45, 7) is 3.60. The Kier molecular flexibility index (Phi) is 40.5. The summed E-state index contributed by atoms with van der Waals surface area (Å²) < 4.78 is 11.1. The number of ether oxygens (including phenoxy) is 2. The molecule has 1 amide bonds. The average molecular weight is 894 g/mol. The van der Waals surface area contributed by atoms with E-state index < -0.39 is 61.5 Å². The van der Waals surface area contributed by atoms with Gasteiger partial charge >= 0.3 is 0 Å². The van der Waals surface area contributed by atoms with E-state index in [1.165, 1.54) is 167 Å². The number of allylic oxidation sites excluding steroid dienone is 5. The van der Waals surface area contributed by atoms with E-state index >= 15 is 0 Å². The molecule has 1 aliphatic heterocycles. The number of amides is 1. The van der Waals surface area contributed by atoms with Gasteiger partial charge in [0, 0.05) is 0 Å². The van der Waals surface area contributed by atoms with Crippen LogP contribution in [0.1, 0.15) is 232 Å². The molecule has 7 N–H and O–H groups in total. The molecule has 10 heteroatoms. The van der Waals surface area contributed by atoms with Crippen LogP contribution in [0.25, 0.3) is 0 Å². The Morgan fingerprint density at radius 1 is 0.540 bits per heavy atom. The molecule has 0 aromatic carbocycles. The van der Waals surface area contributed by atoms with E-state index in [2.05, 4.69) is 43.5 Å². The molecule has 0 spiro atoms. The quantitative estimate of drug-likeness (QED) is 0.0232. The maximum atomic E-state index is 13.1. The second kappa shape index (κ2) is 43.0. The van der Waals surface area contributed by atoms with Gasteiger partial charge in [0.2, 0.25) is 5.91 Å². The van der Waals surface area contributed by atoms with Gasteiger partial charge in [-0.2, -0.15) is 0 Å². The monoisotopic (exact) mass is 894 g/mol. The second-order valence-electron chi connectivity index (χ2n) is 18.4. The fourth-order valence-corrected chi connectivity index (χ4v) is 8.23. The minimum Gasteiger partial charge on any atom is -0.394 e. The lowest BCUT2D eigenvalue weighted by Crippen LogP contribution is -2.60. The Hall–Kier alpha value is -1.63. The van der Waals surface area contributed by atoms with Crippen molar-refractivity contribution in [1.82, 2.24) is 5.32 Å². The molecule has 0 aliphatic carbocycles. The lowest BCUT2D eigenvalue weighted by atomic mass is 9.99. The number of carbonyl (C=O) groups is 1. The SMILES string of the molecule is CCCCCCCCCC/C=C/CC/C=C/C(O)C(COC1OC(CO)C(O)C(O)C1O)NC(=O)C(O)CCCCCCCCCC/C=C\CCCCCCCCCCCCCC. The molecule has 370 valence electrons. The number of unbranched alkanes of at least 4 members (excludes halogenated alkanes) is 29. The van der Waals surface area contributed by atoms with Crippen LogP contribution in [0.4, 0.5) is 0 Å². The first-order chi connectivity index (χ1) is 30.8. The number of aliphatic hydroxyl groups is 6. The first-order valence-corrected chi connectivity index (χ1v) is 26.3. The highest BCUT2D eigenvalue weighted by Crippen LogP contribution is 2.23. The van der Waals surface area contributed by atoms with Crippen molar-refractivity contribution in [2.75, 3.05) is 13.2 Å². The lowest BCUT2D eigenvalue weighted by Gasteiger charge is -2.40. The smallest absolute Gasteiger partial charge is 0.249 e. The summed E-state index contributed by atoms with van der Waals surface area (Å²) in [6, 6.07) is -0.997. The van der Waals surface area contributed by atoms with Gasteiger partial charge in [-0.1, -0.05) is 211 Å². The summed E-state index contributed by atoms with van der Waals surface area (Å²) in [7, 11) is 0. The largest absolute Gasteiger partial charge is 0.394 e. The third-order valence-corrected chi connectivity index (χ3v) is 12.5. The van der Waals surface area contributed by atoms with Gasteiger partial charge in [0.15, 0.2) is 6.29 Å². The molecule has 10 nitrogen and oxygen atoms in total. The van der Waals surface area contributed by atoms with Crippen molar-refractivity contribution in [3.8, 4) is 0 Å². The van der Waals surface area contributed by atoms with Gasteiger partial charge in [-0.15, -0.1) is 0 Å². The molecule has 1 aliphatic rings. The number of hydrogen-bond donors (Lipinski definition) is 7. The van der Waals surface area contributed by atoms with Gasteiger partial charge < -0.3 is 45.4 Å². The third-order valence-electron chi connectivity index (χ3n) is 12.5. The summed E-state index contributed by atoms with van der Waals surface area (Å²) in [6.07, 6.45) is 43.9. The zero-order valence-corrected chi connectivity index (χ0v) is 40.4. The Balaban J connectivity index is 2.31. The van der Waals surface area contributed by atoms with Crippen molar-refractivity contribution < 1.29 is 44.9 Å². The van der Waals surface area contributed by atoms with Gasteiger partial charge in [0.05, 0.1) is 25.4 Å². The van der Waals surface area contributed by atoms with Crippen LogP contribution < -0.4 is 5.32 Å². The minimum atomic E-state index is -1.62. The second-order valence-corrected chi connectivity index (χ2v) is 18.4. The predicted octanol–water partition coefficient (Wildman–Crippen LogP) is 11.0. The first kappa shape index (κ1) is 59.4. The number of aliphatic hydroxyl groups excluding tert-OH is 6. The van der Waals surface area contributed by atoms with Crippen LogP contribution in [0.15, 0.2) is 36.5 Å². The van der Waals surface area contributed by atoms with E-state index in [-0.39, 0.29) is 6.61 Å². The molecule has 0 bridgehead atoms. The highest BCUT2D eigenvalue weighted by molar-refractivity contribution is 5.80. The minimum absolute atomic E-state index is 0.301. The Labute approximate surface area is 385 Å². The van der Waals surface area contributed by atoms with Gasteiger partial charge in [-0.05, 0) is 57.8 Å². The standard InChI is InChI=1S/C53H99NO9/c1-3-5-7-9-11-13-15-17-19-20-21-22-23-24-25-26-27-28-30-32-34-36-38-40-42-47(57)52(61)54-45(44-62-53-51(60)50(59)49(58)48(43-55)63-53)46(56)41-39-37-35-33-31-29-18-16-14-12-10-8-6-4-2/h24-25,31,33,39,41,45-51,53,55-60H,3-23,26-30,32,34-38,40,42-44H2,1-2H3,(H,54,61)/b25-24-,33-31+,41-39+. The van der Waals surface area contributed by atoms with Crippen molar-refractivity contribution in [1.29, 1.82) is 0 Å². The lowest BCUT2D eigenvalue weighted by molar-refractivity contribution is -0.302. The topological polar surface area (TPSA) is 169 Å². The van der Waals surface area contributed by atoms with Gasteiger partial charge in [-0.25, -0.2) is 0 Å². The average Bonchev–Trinajstić information content (AvgIpc) is 3.28. The molecule has 63 heavy (non-hydrogen) atoms. The number of nitrogens with one attached hydrogen (secondary N) is 1. The molecule has 1 saturated heterocycles. The summed E-state index contributed by atoms with van der Waals surface area (Å²) in [5.41, 5.74) is 0. The number of carbonyl (C=O) groups excluding carboxylic acids is 1. The normalized spacial score (nSPS) is 20.9. The van der Waals surface area contributed by atoms with E-state index in [1.54, 1.807) is 6.08 Å². The Bertz CT molecular complexity index is 1100. The van der Waals surface area contributed by atoms with Crippen molar-refractivity contribution in [3.63, 3.8) is 0 Å². The fourth-order valence-electron chi connectivity index (χ4n) is 8.23. The fraction of sp³-hybridized carbons (Fsp3) is 0.868. The highest BCUT2D eigenvalue weighted by atomic mass is 16.7. The van der Waals surface area contributed by atoms with Crippen LogP contribution in [0.2, 0.25) is 0 Å². The zero-order chi connectivity index (χ0) is 46.0. The van der Waals surface area contributed by atoms with E-state index in [4.69, 9.17) is 9.47 Å². The number of hydrogen-bond acceptors (Lipinski definition) is 9. The van der Waals surface area contributed by atoms with E-state index in [0.29, 0.717) is 19.3 Å². The van der Waals surface area contributed by atoms with Crippen LogP contribution >= 0.6 is 0 Å². The Morgan fingerprint density at radius 2 is 0.937 bits per heavy atom. The highest BCUT2D eigenvalue weighted by Gasteiger charge is 2.44. The number of rotatable bonds is 44. The van der Waals surface area contributed by atoms with Crippen LogP contribution in [0, 0.1) is 0 Å². The molecule has 0 saturated carbocycles. The van der Waals surface area contributed by atoms with Crippen molar-refractivity contribution in [2.45, 2.75) is 281 Å². The molecule has 8 unspecified atom stereocenters. The molecule has 1 fully saturated rings. The summed E-state index contributed by atoms with van der Waals surface area (Å²) in [4.78, 5) is 13.1. The maximum Gasteiger partial charge on any atom is 0.249 e. The van der Waals surface area contributed by atoms with Crippen LogP contribution in [0.3, 0.4) is 0 Å². The van der Waals surface area contributed by atoms with Gasteiger partial charge in [0.1, 0.15) is 30.5 Å². The molecule has 0 radical (unpaired) electrons. The van der Waals surface area contributed by atoms with Crippen LogP contribution in [0.5, 0.6) is 0 Å². The van der Waals surface area contributed by atoms with Crippen molar-refractivity contribution >= 4 is 5.91 Å². The van der Waals surface area contributed by atoms with E-state index in [9.17, 15) is 35.4 Å². The van der Waals surface area contributed by atoms with Crippen molar-refractivity contribution in [3.05, 3.63) is 36.5 Å².